The van der Waals surface area contributed by atoms with E-state index in [1.165, 1.54) is 0 Å². The fraction of sp³-hybridized carbons (Fsp3) is 0.688. The highest BCUT2D eigenvalue weighted by Crippen LogP contribution is 2.26. The van der Waals surface area contributed by atoms with Crippen molar-refractivity contribution in [2.75, 3.05) is 31.6 Å². The van der Waals surface area contributed by atoms with E-state index in [4.69, 9.17) is 4.74 Å². The molecule has 7 nitrogen and oxygen atoms in total. The van der Waals surface area contributed by atoms with Crippen LogP contribution in [0.1, 0.15) is 33.6 Å². The summed E-state index contributed by atoms with van der Waals surface area (Å²) in [5, 5.41) is 5.61. The predicted octanol–water partition coefficient (Wildman–Crippen LogP) is 3.48. The van der Waals surface area contributed by atoms with Gasteiger partial charge in [-0.1, -0.05) is 11.3 Å². The average molecular weight is 477 g/mol. The lowest BCUT2D eigenvalue weighted by Crippen LogP contribution is -2.43. The van der Waals surface area contributed by atoms with Crippen LogP contribution in [0.3, 0.4) is 0 Å². The zero-order valence-electron chi connectivity index (χ0n) is 15.0. The molecule has 9 heteroatoms. The van der Waals surface area contributed by atoms with Gasteiger partial charge in [-0.05, 0) is 62.1 Å². The quantitative estimate of drug-likeness (QED) is 0.634. The van der Waals surface area contributed by atoms with E-state index < -0.39 is 5.60 Å². The molecule has 1 fully saturated rings. The number of imidazole rings is 1. The third kappa shape index (κ3) is 4.55. The second-order valence-electron chi connectivity index (χ2n) is 7.45. The third-order valence-electron chi connectivity index (χ3n) is 4.16. The summed E-state index contributed by atoms with van der Waals surface area (Å²) in [5.41, 5.74) is -0.436. The van der Waals surface area contributed by atoms with E-state index >= 15 is 0 Å². The summed E-state index contributed by atoms with van der Waals surface area (Å²) < 4.78 is 8.36. The number of anilines is 1. The zero-order chi connectivity index (χ0) is 18.2. The molecule has 0 saturated carbocycles. The summed E-state index contributed by atoms with van der Waals surface area (Å²) in [7, 11) is 2.07. The van der Waals surface area contributed by atoms with E-state index in [1.54, 1.807) is 11.3 Å². The van der Waals surface area contributed by atoms with Gasteiger partial charge in [0.25, 0.3) is 0 Å². The molecule has 0 aromatic carbocycles. The van der Waals surface area contributed by atoms with Gasteiger partial charge in [0.05, 0.1) is 6.20 Å². The molecule has 3 heterocycles. The summed E-state index contributed by atoms with van der Waals surface area (Å²) in [6.07, 6.45) is 3.61. The first-order valence-corrected chi connectivity index (χ1v) is 10.3. The lowest BCUT2D eigenvalue weighted by atomic mass is 9.97. The van der Waals surface area contributed by atoms with Crippen molar-refractivity contribution < 1.29 is 9.53 Å². The van der Waals surface area contributed by atoms with Gasteiger partial charge in [0.2, 0.25) is 10.1 Å². The van der Waals surface area contributed by atoms with Gasteiger partial charge >= 0.3 is 6.09 Å². The van der Waals surface area contributed by atoms with E-state index in [2.05, 4.69) is 44.6 Å². The Kier molecular flexibility index (Phi) is 5.42. The topological polar surface area (TPSA) is 63.0 Å². The monoisotopic (exact) mass is 477 g/mol. The summed E-state index contributed by atoms with van der Waals surface area (Å²) in [4.78, 5) is 21.4. The number of fused-ring (bicyclic) bond motifs is 1. The molecule has 138 valence electrons. The largest absolute Gasteiger partial charge is 0.444 e. The highest BCUT2D eigenvalue weighted by molar-refractivity contribution is 14.1. The van der Waals surface area contributed by atoms with Crippen LogP contribution in [-0.2, 0) is 4.74 Å². The number of rotatable bonds is 3. The molecule has 0 bridgehead atoms. The summed E-state index contributed by atoms with van der Waals surface area (Å²) in [6.45, 7) is 8.16. The van der Waals surface area contributed by atoms with Crippen molar-refractivity contribution in [3.8, 4) is 0 Å². The fourth-order valence-electron chi connectivity index (χ4n) is 2.90. The molecule has 0 aliphatic carbocycles. The summed E-state index contributed by atoms with van der Waals surface area (Å²) in [5.74, 6) is 0.555. The number of carbonyl (C=O) groups excluding carboxylic acids is 1. The van der Waals surface area contributed by atoms with E-state index in [9.17, 15) is 4.79 Å². The molecule has 0 spiro atoms. The third-order valence-corrected chi connectivity index (χ3v) is 5.93. The summed E-state index contributed by atoms with van der Waals surface area (Å²) in [6, 6.07) is 0. The van der Waals surface area contributed by atoms with Crippen LogP contribution >= 0.6 is 33.9 Å². The SMILES string of the molecule is CN(CC1CCN(C(=O)OC(C)(C)C)CC1)c1nn2c(I)cnc2s1. The molecular formula is C16H24IN5O2S. The molecule has 0 unspecified atom stereocenters. The standard InChI is InChI=1S/C16H24IN5O2S/c1-16(2,3)24-15(23)21-7-5-11(6-8-21)10-20(4)14-19-22-12(17)9-18-13(22)25-14/h9,11H,5-8,10H2,1-4H3. The Bertz CT molecular complexity index is 745. The molecule has 1 amide bonds. The lowest BCUT2D eigenvalue weighted by Gasteiger charge is -2.34. The lowest BCUT2D eigenvalue weighted by molar-refractivity contribution is 0.0186. The number of likely N-dealkylation sites (tertiary alicyclic amines) is 1. The number of halogens is 1. The molecule has 1 aliphatic heterocycles. The van der Waals surface area contributed by atoms with Crippen LogP contribution in [-0.4, -0.2) is 57.9 Å². The molecule has 0 N–H and O–H groups in total. The normalized spacial score (nSPS) is 16.4. The number of ether oxygens (including phenoxy) is 1. The molecular weight excluding hydrogens is 453 g/mol. The van der Waals surface area contributed by atoms with Gasteiger partial charge in [-0.2, -0.15) is 4.52 Å². The van der Waals surface area contributed by atoms with Crippen molar-refractivity contribution in [1.29, 1.82) is 0 Å². The van der Waals surface area contributed by atoms with Crippen LogP contribution in [0.5, 0.6) is 0 Å². The first-order chi connectivity index (χ1) is 11.7. The van der Waals surface area contributed by atoms with Gasteiger partial charge in [0.1, 0.15) is 9.30 Å². The number of carbonyl (C=O) groups is 1. The van der Waals surface area contributed by atoms with Crippen LogP contribution in [0.15, 0.2) is 6.20 Å². The smallest absolute Gasteiger partial charge is 0.410 e. The zero-order valence-corrected chi connectivity index (χ0v) is 18.0. The Hall–Kier alpha value is -1.10. The average Bonchev–Trinajstić information content (AvgIpc) is 3.09. The van der Waals surface area contributed by atoms with Gasteiger partial charge in [0, 0.05) is 26.7 Å². The van der Waals surface area contributed by atoms with Gasteiger partial charge in [-0.3, -0.25) is 0 Å². The maximum absolute atomic E-state index is 12.1. The molecule has 25 heavy (non-hydrogen) atoms. The molecule has 0 atom stereocenters. The molecule has 3 rings (SSSR count). The van der Waals surface area contributed by atoms with E-state index in [-0.39, 0.29) is 6.09 Å². The Morgan fingerprint density at radius 2 is 2.12 bits per heavy atom. The fourth-order valence-corrected chi connectivity index (χ4v) is 4.39. The van der Waals surface area contributed by atoms with Crippen molar-refractivity contribution >= 4 is 50.1 Å². The second-order valence-corrected chi connectivity index (χ2v) is 9.49. The van der Waals surface area contributed by atoms with E-state index in [0.717, 1.165) is 46.3 Å². The Morgan fingerprint density at radius 1 is 1.44 bits per heavy atom. The maximum Gasteiger partial charge on any atom is 0.410 e. The summed E-state index contributed by atoms with van der Waals surface area (Å²) >= 11 is 3.84. The molecule has 0 radical (unpaired) electrons. The van der Waals surface area contributed by atoms with Crippen molar-refractivity contribution in [2.24, 2.45) is 5.92 Å². The molecule has 1 saturated heterocycles. The van der Waals surface area contributed by atoms with Crippen LogP contribution in [0.4, 0.5) is 9.93 Å². The molecule has 1 aliphatic rings. The number of nitrogens with zero attached hydrogens (tertiary/aromatic N) is 5. The minimum Gasteiger partial charge on any atom is -0.444 e. The highest BCUT2D eigenvalue weighted by atomic mass is 127. The van der Waals surface area contributed by atoms with Gasteiger partial charge in [-0.15, -0.1) is 5.10 Å². The van der Waals surface area contributed by atoms with Crippen molar-refractivity contribution in [2.45, 2.75) is 39.2 Å². The van der Waals surface area contributed by atoms with E-state index in [0.29, 0.717) is 5.92 Å². The Labute approximate surface area is 165 Å². The maximum atomic E-state index is 12.1. The Balaban J connectivity index is 1.52. The second kappa shape index (κ2) is 7.26. The number of aromatic nitrogens is 3. The molecule has 2 aromatic rings. The van der Waals surface area contributed by atoms with Crippen molar-refractivity contribution in [1.82, 2.24) is 19.5 Å². The van der Waals surface area contributed by atoms with Gasteiger partial charge in [0.15, 0.2) is 0 Å². The predicted molar refractivity (Wildman–Crippen MR) is 107 cm³/mol. The Morgan fingerprint density at radius 3 is 2.72 bits per heavy atom. The van der Waals surface area contributed by atoms with Gasteiger partial charge in [-0.25, -0.2) is 9.78 Å². The number of piperidine rings is 1. The van der Waals surface area contributed by atoms with Gasteiger partial charge < -0.3 is 14.5 Å². The van der Waals surface area contributed by atoms with Crippen LogP contribution in [0.2, 0.25) is 0 Å². The highest BCUT2D eigenvalue weighted by Gasteiger charge is 2.27. The van der Waals surface area contributed by atoms with Crippen LogP contribution < -0.4 is 4.90 Å². The van der Waals surface area contributed by atoms with E-state index in [1.807, 2.05) is 36.4 Å². The minimum atomic E-state index is -0.436. The number of hydrogen-bond donors (Lipinski definition) is 0. The first kappa shape index (κ1) is 18.7. The number of hydrogen-bond acceptors (Lipinski definition) is 6. The van der Waals surface area contributed by atoms with Crippen molar-refractivity contribution in [3.05, 3.63) is 9.90 Å². The van der Waals surface area contributed by atoms with Crippen molar-refractivity contribution in [3.63, 3.8) is 0 Å². The minimum absolute atomic E-state index is 0.199. The number of amides is 1. The van der Waals surface area contributed by atoms with Crippen LogP contribution in [0, 0.1) is 9.62 Å². The first-order valence-electron chi connectivity index (χ1n) is 8.42. The van der Waals surface area contributed by atoms with Crippen LogP contribution in [0.25, 0.3) is 4.96 Å². The molecule has 2 aromatic heterocycles.